The van der Waals surface area contributed by atoms with Crippen LogP contribution in [0.15, 0.2) is 47.3 Å². The van der Waals surface area contributed by atoms with Crippen LogP contribution in [0.4, 0.5) is 5.69 Å². The summed E-state index contributed by atoms with van der Waals surface area (Å²) in [5, 5.41) is 5.26. The van der Waals surface area contributed by atoms with E-state index in [0.29, 0.717) is 34.6 Å². The molecule has 1 aliphatic rings. The van der Waals surface area contributed by atoms with Crippen molar-refractivity contribution in [2.45, 2.75) is 18.9 Å². The largest absolute Gasteiger partial charge is 0.491 e. The topological polar surface area (TPSA) is 125 Å². The highest BCUT2D eigenvalue weighted by atomic mass is 16.5. The van der Waals surface area contributed by atoms with Gasteiger partial charge in [0.15, 0.2) is 0 Å². The Labute approximate surface area is 171 Å². The summed E-state index contributed by atoms with van der Waals surface area (Å²) in [5.74, 6) is -0.0728. The van der Waals surface area contributed by atoms with Crippen molar-refractivity contribution in [3.63, 3.8) is 0 Å². The Morgan fingerprint density at radius 2 is 1.90 bits per heavy atom. The van der Waals surface area contributed by atoms with Gasteiger partial charge in [-0.25, -0.2) is 4.79 Å². The van der Waals surface area contributed by atoms with E-state index in [2.05, 4.69) is 20.6 Å². The number of amides is 2. The maximum Gasteiger partial charge on any atom is 0.323 e. The van der Waals surface area contributed by atoms with E-state index in [1.165, 1.54) is 0 Å². The third kappa shape index (κ3) is 4.87. The van der Waals surface area contributed by atoms with Gasteiger partial charge in [-0.3, -0.25) is 9.59 Å². The number of anilines is 1. The molecule has 2 amide bonds. The summed E-state index contributed by atoms with van der Waals surface area (Å²) in [5.41, 5.74) is 1.87. The molecule has 3 aromatic rings. The Balaban J connectivity index is 1.25. The number of hydrogen-bond donors (Lipinski definition) is 4. The zero-order valence-electron chi connectivity index (χ0n) is 16.2. The van der Waals surface area contributed by atoms with Gasteiger partial charge in [-0.1, -0.05) is 0 Å². The molecule has 4 rings (SSSR count). The number of benzene rings is 2. The number of ether oxygens (including phenoxy) is 2. The Hall–Kier alpha value is -3.59. The first-order valence-electron chi connectivity index (χ1n) is 9.71. The molecular weight excluding hydrogens is 388 g/mol. The van der Waals surface area contributed by atoms with Gasteiger partial charge < -0.3 is 30.1 Å². The smallest absolute Gasteiger partial charge is 0.323 e. The van der Waals surface area contributed by atoms with Crippen LogP contribution in [0.5, 0.6) is 5.75 Å². The Bertz CT molecular complexity index is 1100. The minimum atomic E-state index is -0.378. The van der Waals surface area contributed by atoms with Crippen LogP contribution in [0.1, 0.15) is 23.2 Å². The fourth-order valence-corrected chi connectivity index (χ4v) is 3.25. The van der Waals surface area contributed by atoms with Gasteiger partial charge in [0.05, 0.1) is 23.7 Å². The van der Waals surface area contributed by atoms with Crippen LogP contribution in [0.3, 0.4) is 0 Å². The summed E-state index contributed by atoms with van der Waals surface area (Å²) in [6, 6.07) is 11.7. The average molecular weight is 410 g/mol. The zero-order chi connectivity index (χ0) is 20.9. The van der Waals surface area contributed by atoms with Crippen molar-refractivity contribution in [1.82, 2.24) is 15.3 Å². The number of aromatic amines is 2. The number of carbonyl (C=O) groups is 2. The van der Waals surface area contributed by atoms with E-state index in [1.807, 2.05) is 0 Å². The predicted octanol–water partition coefficient (Wildman–Crippen LogP) is 1.78. The van der Waals surface area contributed by atoms with Gasteiger partial charge >= 0.3 is 5.69 Å². The second-order valence-corrected chi connectivity index (χ2v) is 7.04. The van der Waals surface area contributed by atoms with Crippen molar-refractivity contribution >= 4 is 28.5 Å². The van der Waals surface area contributed by atoms with E-state index < -0.39 is 0 Å². The molecule has 4 N–H and O–H groups in total. The lowest BCUT2D eigenvalue weighted by Gasteiger charge is -2.12. The molecule has 2 heterocycles. The van der Waals surface area contributed by atoms with Gasteiger partial charge in [0, 0.05) is 17.9 Å². The molecule has 0 aliphatic carbocycles. The summed E-state index contributed by atoms with van der Waals surface area (Å²) in [6.07, 6.45) is 2.19. The van der Waals surface area contributed by atoms with Gasteiger partial charge in [-0.05, 0) is 55.3 Å². The number of hydrogen-bond acceptors (Lipinski definition) is 5. The second kappa shape index (κ2) is 8.83. The third-order valence-corrected chi connectivity index (χ3v) is 4.79. The van der Waals surface area contributed by atoms with Crippen LogP contribution in [0.25, 0.3) is 11.0 Å². The highest BCUT2D eigenvalue weighted by Crippen LogP contribution is 2.17. The molecule has 1 aliphatic heterocycles. The lowest BCUT2D eigenvalue weighted by atomic mass is 10.2. The Kier molecular flexibility index (Phi) is 5.80. The molecule has 30 heavy (non-hydrogen) atoms. The summed E-state index contributed by atoms with van der Waals surface area (Å²) in [7, 11) is 0. The van der Waals surface area contributed by atoms with Crippen molar-refractivity contribution in [3.05, 3.63) is 58.5 Å². The van der Waals surface area contributed by atoms with E-state index in [9.17, 15) is 14.4 Å². The molecule has 156 valence electrons. The lowest BCUT2D eigenvalue weighted by molar-refractivity contribution is -0.115. The first-order chi connectivity index (χ1) is 14.6. The van der Waals surface area contributed by atoms with E-state index in [-0.39, 0.29) is 30.2 Å². The van der Waals surface area contributed by atoms with Gasteiger partial charge in [-0.15, -0.1) is 0 Å². The van der Waals surface area contributed by atoms with Crippen LogP contribution >= 0.6 is 0 Å². The summed E-state index contributed by atoms with van der Waals surface area (Å²) in [6.45, 7) is 1.09. The molecule has 1 aromatic heterocycles. The van der Waals surface area contributed by atoms with Crippen molar-refractivity contribution in [2.24, 2.45) is 0 Å². The van der Waals surface area contributed by atoms with Crippen LogP contribution in [0.2, 0.25) is 0 Å². The number of fused-ring (bicyclic) bond motifs is 1. The fourth-order valence-electron chi connectivity index (χ4n) is 3.25. The first-order valence-corrected chi connectivity index (χ1v) is 9.71. The lowest BCUT2D eigenvalue weighted by Crippen LogP contribution is -2.32. The third-order valence-electron chi connectivity index (χ3n) is 4.79. The predicted molar refractivity (Wildman–Crippen MR) is 111 cm³/mol. The van der Waals surface area contributed by atoms with Gasteiger partial charge in [0.1, 0.15) is 12.4 Å². The minimum Gasteiger partial charge on any atom is -0.491 e. The number of rotatable bonds is 7. The maximum absolute atomic E-state index is 12.3. The first kappa shape index (κ1) is 19.7. The normalized spacial score (nSPS) is 15.8. The summed E-state index contributed by atoms with van der Waals surface area (Å²) < 4.78 is 11.2. The van der Waals surface area contributed by atoms with Crippen LogP contribution in [0, 0.1) is 0 Å². The molecule has 1 atom stereocenters. The molecule has 9 heteroatoms. The molecule has 0 spiro atoms. The number of carbonyl (C=O) groups excluding carboxylic acids is 2. The van der Waals surface area contributed by atoms with Gasteiger partial charge in [0.25, 0.3) is 5.91 Å². The highest BCUT2D eigenvalue weighted by molar-refractivity contribution is 5.99. The van der Waals surface area contributed by atoms with Crippen molar-refractivity contribution < 1.29 is 19.1 Å². The molecule has 0 unspecified atom stereocenters. The standard InChI is InChI=1S/C21H22N4O5/c26-19(23-14-5-8-17-18(10-14)25-21(28)24-17)11-22-20(27)13-3-6-15(7-4-13)30-12-16-2-1-9-29-16/h3-8,10,16H,1-2,9,11-12H2,(H,22,27)(H,23,26)(H2,24,25,28)/t16-/m1/s1. The Morgan fingerprint density at radius 1 is 1.10 bits per heavy atom. The number of nitrogens with one attached hydrogen (secondary N) is 4. The monoisotopic (exact) mass is 410 g/mol. The van der Waals surface area contributed by atoms with E-state index >= 15 is 0 Å². The van der Waals surface area contributed by atoms with Crippen molar-refractivity contribution in [1.29, 1.82) is 0 Å². The SMILES string of the molecule is O=C(CNC(=O)c1ccc(OC[C@H]2CCCO2)cc1)Nc1ccc2[nH]c(=O)[nH]c2c1. The fraction of sp³-hybridized carbons (Fsp3) is 0.286. The minimum absolute atomic E-state index is 0.129. The molecule has 0 bridgehead atoms. The van der Waals surface area contributed by atoms with Crippen LogP contribution in [-0.4, -0.2) is 47.6 Å². The number of imidazole rings is 1. The molecule has 0 radical (unpaired) electrons. The number of aromatic nitrogens is 2. The van der Waals surface area contributed by atoms with Crippen molar-refractivity contribution in [2.75, 3.05) is 25.1 Å². The second-order valence-electron chi connectivity index (χ2n) is 7.04. The molecule has 9 nitrogen and oxygen atoms in total. The molecule has 1 fully saturated rings. The maximum atomic E-state index is 12.3. The molecular formula is C21H22N4O5. The van der Waals surface area contributed by atoms with E-state index in [0.717, 1.165) is 19.4 Å². The molecule has 0 saturated carbocycles. The van der Waals surface area contributed by atoms with Crippen molar-refractivity contribution in [3.8, 4) is 5.75 Å². The van der Waals surface area contributed by atoms with E-state index in [1.54, 1.807) is 42.5 Å². The van der Waals surface area contributed by atoms with Gasteiger partial charge in [-0.2, -0.15) is 0 Å². The molecule has 1 saturated heterocycles. The molecule has 2 aromatic carbocycles. The highest BCUT2D eigenvalue weighted by Gasteiger charge is 2.16. The zero-order valence-corrected chi connectivity index (χ0v) is 16.2. The summed E-state index contributed by atoms with van der Waals surface area (Å²) >= 11 is 0. The number of H-pyrrole nitrogens is 2. The Morgan fingerprint density at radius 3 is 2.67 bits per heavy atom. The summed E-state index contributed by atoms with van der Waals surface area (Å²) in [4.78, 5) is 40.9. The van der Waals surface area contributed by atoms with Crippen LogP contribution < -0.4 is 21.1 Å². The van der Waals surface area contributed by atoms with Gasteiger partial charge in [0.2, 0.25) is 5.91 Å². The van der Waals surface area contributed by atoms with Crippen LogP contribution in [-0.2, 0) is 9.53 Å². The average Bonchev–Trinajstić information content (AvgIpc) is 3.39. The quantitative estimate of drug-likeness (QED) is 0.473. The van der Waals surface area contributed by atoms with E-state index in [4.69, 9.17) is 9.47 Å².